The zero-order valence-electron chi connectivity index (χ0n) is 13.0. The van der Waals surface area contributed by atoms with Gasteiger partial charge < -0.3 is 10.6 Å². The standard InChI is InChI=1S/C18H20N2O2/c1-12(17(21)13-8-4-6-10-15(13)19-2)18(22)14-9-5-7-11-16(14)20-3/h4-12,19-20H,1-3H3. The molecule has 0 amide bonds. The van der Waals surface area contributed by atoms with E-state index in [0.717, 1.165) is 11.4 Å². The van der Waals surface area contributed by atoms with Crippen molar-refractivity contribution in [1.82, 2.24) is 0 Å². The monoisotopic (exact) mass is 296 g/mol. The Labute approximate surface area is 130 Å². The first-order chi connectivity index (χ1) is 10.6. The second-order valence-corrected chi connectivity index (χ2v) is 5.04. The Hall–Kier alpha value is -2.62. The summed E-state index contributed by atoms with van der Waals surface area (Å²) in [7, 11) is 3.52. The molecular formula is C18H20N2O2. The van der Waals surface area contributed by atoms with Crippen LogP contribution in [0.1, 0.15) is 27.6 Å². The van der Waals surface area contributed by atoms with Crippen molar-refractivity contribution in [3.8, 4) is 0 Å². The summed E-state index contributed by atoms with van der Waals surface area (Å²) in [4.78, 5) is 25.3. The number of rotatable bonds is 6. The predicted octanol–water partition coefficient (Wildman–Crippen LogP) is 3.47. The zero-order chi connectivity index (χ0) is 16.1. The normalized spacial score (nSPS) is 10.4. The lowest BCUT2D eigenvalue weighted by atomic mass is 9.90. The van der Waals surface area contributed by atoms with Crippen LogP contribution in [0.4, 0.5) is 11.4 Å². The molecule has 4 nitrogen and oxygen atoms in total. The minimum absolute atomic E-state index is 0.180. The molecular weight excluding hydrogens is 276 g/mol. The molecule has 0 saturated heterocycles. The maximum absolute atomic E-state index is 12.7. The van der Waals surface area contributed by atoms with Gasteiger partial charge in [0.25, 0.3) is 0 Å². The number of hydrogen-bond donors (Lipinski definition) is 2. The number of para-hydroxylation sites is 2. The highest BCUT2D eigenvalue weighted by molar-refractivity contribution is 6.18. The Morgan fingerprint density at radius 2 is 1.14 bits per heavy atom. The molecule has 0 radical (unpaired) electrons. The number of carbonyl (C=O) groups excluding carboxylic acids is 2. The summed E-state index contributed by atoms with van der Waals surface area (Å²) < 4.78 is 0. The molecule has 0 saturated carbocycles. The van der Waals surface area contributed by atoms with Gasteiger partial charge in [0, 0.05) is 36.6 Å². The van der Waals surface area contributed by atoms with Crippen LogP contribution in [-0.4, -0.2) is 25.7 Å². The number of benzene rings is 2. The lowest BCUT2D eigenvalue weighted by molar-refractivity contribution is 0.0822. The number of anilines is 2. The molecule has 0 unspecified atom stereocenters. The Morgan fingerprint density at radius 3 is 1.50 bits per heavy atom. The Balaban J connectivity index is 2.32. The fraction of sp³-hybridized carbons (Fsp3) is 0.222. The van der Waals surface area contributed by atoms with Gasteiger partial charge >= 0.3 is 0 Å². The largest absolute Gasteiger partial charge is 0.388 e. The topological polar surface area (TPSA) is 58.2 Å². The van der Waals surface area contributed by atoms with E-state index in [-0.39, 0.29) is 11.6 Å². The van der Waals surface area contributed by atoms with Gasteiger partial charge in [-0.25, -0.2) is 0 Å². The first kappa shape index (κ1) is 15.8. The molecule has 2 N–H and O–H groups in total. The molecule has 114 valence electrons. The maximum Gasteiger partial charge on any atom is 0.175 e. The fourth-order valence-corrected chi connectivity index (χ4v) is 2.42. The number of Topliss-reactive ketones (excluding diaryl/α,β-unsaturated/α-hetero) is 2. The van der Waals surface area contributed by atoms with E-state index in [4.69, 9.17) is 0 Å². The first-order valence-corrected chi connectivity index (χ1v) is 7.22. The highest BCUT2D eigenvalue weighted by atomic mass is 16.2. The Morgan fingerprint density at radius 1 is 0.773 bits per heavy atom. The highest BCUT2D eigenvalue weighted by Gasteiger charge is 2.26. The van der Waals surface area contributed by atoms with Crippen molar-refractivity contribution in [1.29, 1.82) is 0 Å². The van der Waals surface area contributed by atoms with E-state index < -0.39 is 5.92 Å². The van der Waals surface area contributed by atoms with Crippen LogP contribution >= 0.6 is 0 Å². The van der Waals surface area contributed by atoms with E-state index in [1.54, 1.807) is 45.3 Å². The van der Waals surface area contributed by atoms with E-state index in [1.807, 2.05) is 24.3 Å². The van der Waals surface area contributed by atoms with Crippen molar-refractivity contribution in [2.75, 3.05) is 24.7 Å². The van der Waals surface area contributed by atoms with Gasteiger partial charge in [-0.3, -0.25) is 9.59 Å². The predicted molar refractivity (Wildman–Crippen MR) is 89.8 cm³/mol. The molecule has 0 bridgehead atoms. The van der Waals surface area contributed by atoms with Crippen LogP contribution in [0.5, 0.6) is 0 Å². The summed E-state index contributed by atoms with van der Waals surface area (Å²) in [6, 6.07) is 14.4. The molecule has 2 aromatic carbocycles. The van der Waals surface area contributed by atoms with Crippen LogP contribution in [0.25, 0.3) is 0 Å². The third kappa shape index (κ3) is 3.01. The lowest BCUT2D eigenvalue weighted by Gasteiger charge is -2.15. The Bertz CT molecular complexity index is 635. The SMILES string of the molecule is CNc1ccccc1C(=O)C(C)C(=O)c1ccccc1NC. The van der Waals surface area contributed by atoms with Crippen LogP contribution in [-0.2, 0) is 0 Å². The van der Waals surface area contributed by atoms with Crippen LogP contribution < -0.4 is 10.6 Å². The van der Waals surface area contributed by atoms with Gasteiger partial charge in [0.1, 0.15) is 0 Å². The number of hydrogen-bond acceptors (Lipinski definition) is 4. The van der Waals surface area contributed by atoms with Gasteiger partial charge in [0.05, 0.1) is 5.92 Å². The van der Waals surface area contributed by atoms with Crippen LogP contribution in [0, 0.1) is 5.92 Å². The third-order valence-electron chi connectivity index (χ3n) is 3.71. The molecule has 0 aromatic heterocycles. The van der Waals surface area contributed by atoms with Crippen molar-refractivity contribution in [2.45, 2.75) is 6.92 Å². The molecule has 0 fully saturated rings. The third-order valence-corrected chi connectivity index (χ3v) is 3.71. The van der Waals surface area contributed by atoms with Crippen molar-refractivity contribution in [3.05, 3.63) is 59.7 Å². The minimum atomic E-state index is -0.732. The molecule has 0 aliphatic heterocycles. The summed E-state index contributed by atoms with van der Waals surface area (Å²) >= 11 is 0. The number of nitrogens with one attached hydrogen (secondary N) is 2. The van der Waals surface area contributed by atoms with E-state index in [2.05, 4.69) is 10.6 Å². The lowest BCUT2D eigenvalue weighted by Crippen LogP contribution is -2.23. The highest BCUT2D eigenvalue weighted by Crippen LogP contribution is 2.23. The first-order valence-electron chi connectivity index (χ1n) is 7.22. The molecule has 4 heteroatoms. The summed E-state index contributed by atoms with van der Waals surface area (Å²) in [5.74, 6) is -1.09. The van der Waals surface area contributed by atoms with Crippen LogP contribution in [0.2, 0.25) is 0 Å². The van der Waals surface area contributed by atoms with Crippen molar-refractivity contribution < 1.29 is 9.59 Å². The van der Waals surface area contributed by atoms with E-state index in [1.165, 1.54) is 0 Å². The second kappa shape index (κ2) is 6.89. The summed E-state index contributed by atoms with van der Waals surface area (Å²) in [5, 5.41) is 5.98. The molecule has 2 rings (SSSR count). The summed E-state index contributed by atoms with van der Waals surface area (Å²) in [6.45, 7) is 1.66. The molecule has 22 heavy (non-hydrogen) atoms. The van der Waals surface area contributed by atoms with Crippen molar-refractivity contribution >= 4 is 22.9 Å². The second-order valence-electron chi connectivity index (χ2n) is 5.04. The average molecular weight is 296 g/mol. The molecule has 2 aromatic rings. The van der Waals surface area contributed by atoms with Crippen molar-refractivity contribution in [3.63, 3.8) is 0 Å². The van der Waals surface area contributed by atoms with Gasteiger partial charge in [-0.2, -0.15) is 0 Å². The average Bonchev–Trinajstić information content (AvgIpc) is 2.59. The molecule has 0 aliphatic carbocycles. The van der Waals surface area contributed by atoms with Gasteiger partial charge in [0.15, 0.2) is 11.6 Å². The molecule has 0 spiro atoms. The molecule has 0 heterocycles. The molecule has 0 aliphatic rings. The van der Waals surface area contributed by atoms with Gasteiger partial charge in [-0.1, -0.05) is 24.3 Å². The van der Waals surface area contributed by atoms with E-state index >= 15 is 0 Å². The van der Waals surface area contributed by atoms with Crippen molar-refractivity contribution in [2.24, 2.45) is 5.92 Å². The van der Waals surface area contributed by atoms with Gasteiger partial charge in [-0.15, -0.1) is 0 Å². The quantitative estimate of drug-likeness (QED) is 0.633. The van der Waals surface area contributed by atoms with Gasteiger partial charge in [0.2, 0.25) is 0 Å². The zero-order valence-corrected chi connectivity index (χ0v) is 13.0. The maximum atomic E-state index is 12.7. The summed E-state index contributed by atoms with van der Waals surface area (Å²) in [6.07, 6.45) is 0. The van der Waals surface area contributed by atoms with E-state index in [0.29, 0.717) is 11.1 Å². The van der Waals surface area contributed by atoms with Crippen LogP contribution in [0.3, 0.4) is 0 Å². The number of ketones is 2. The molecule has 0 atom stereocenters. The minimum Gasteiger partial charge on any atom is -0.388 e. The Kier molecular flexibility index (Phi) is 4.94. The van der Waals surface area contributed by atoms with Gasteiger partial charge in [-0.05, 0) is 31.2 Å². The summed E-state index contributed by atoms with van der Waals surface area (Å²) in [5.41, 5.74) is 2.53. The number of carbonyl (C=O) groups is 2. The smallest absolute Gasteiger partial charge is 0.175 e. The fourth-order valence-electron chi connectivity index (χ4n) is 2.42. The van der Waals surface area contributed by atoms with E-state index in [9.17, 15) is 9.59 Å². The van der Waals surface area contributed by atoms with Crippen LogP contribution in [0.15, 0.2) is 48.5 Å².